The van der Waals surface area contributed by atoms with Gasteiger partial charge in [-0.05, 0) is 48.4 Å². The lowest BCUT2D eigenvalue weighted by atomic mass is 10.2. The average Bonchev–Trinajstić information content (AvgIpc) is 2.50. The van der Waals surface area contributed by atoms with Gasteiger partial charge in [-0.1, -0.05) is 36.7 Å². The summed E-state index contributed by atoms with van der Waals surface area (Å²) in [6, 6.07) is 13.4. The van der Waals surface area contributed by atoms with Gasteiger partial charge in [-0.15, -0.1) is 11.8 Å². The van der Waals surface area contributed by atoms with E-state index in [0.717, 1.165) is 30.8 Å². The summed E-state index contributed by atoms with van der Waals surface area (Å²) in [6.45, 7) is 4.11. The number of hydrogen-bond acceptors (Lipinski definition) is 2. The van der Waals surface area contributed by atoms with Crippen LogP contribution in [0.5, 0.6) is 0 Å². The molecule has 2 aromatic rings. The third-order valence-corrected chi connectivity index (χ3v) is 4.44. The molecule has 21 heavy (non-hydrogen) atoms. The topological polar surface area (TPSA) is 12.0 Å². The summed E-state index contributed by atoms with van der Waals surface area (Å²) in [5, 5.41) is 3.57. The molecule has 0 amide bonds. The number of halogens is 2. The highest BCUT2D eigenvalue weighted by atomic mass is 35.5. The molecule has 0 aliphatic rings. The lowest BCUT2D eigenvalue weighted by Crippen LogP contribution is -2.13. The van der Waals surface area contributed by atoms with E-state index in [4.69, 9.17) is 11.6 Å². The molecule has 4 heteroatoms. The fourth-order valence-corrected chi connectivity index (χ4v) is 2.95. The van der Waals surface area contributed by atoms with Crippen LogP contribution in [-0.2, 0) is 12.3 Å². The molecule has 0 aliphatic carbocycles. The van der Waals surface area contributed by atoms with Crippen molar-refractivity contribution in [3.8, 4) is 0 Å². The van der Waals surface area contributed by atoms with Crippen LogP contribution in [0.25, 0.3) is 0 Å². The second kappa shape index (κ2) is 8.42. The molecule has 0 radical (unpaired) electrons. The number of hydrogen-bond donors (Lipinski definition) is 1. The summed E-state index contributed by atoms with van der Waals surface area (Å²) >= 11 is 7.51. The zero-order chi connectivity index (χ0) is 15.1. The Morgan fingerprint density at radius 1 is 1.10 bits per heavy atom. The predicted molar refractivity (Wildman–Crippen MR) is 89.4 cm³/mol. The standard InChI is InChI=1S/C17H19ClFNS/c1-2-9-20-11-13-3-6-15(7-4-13)21-12-14-5-8-17(19)16(18)10-14/h3-8,10,20H,2,9,11-12H2,1H3. The largest absolute Gasteiger partial charge is 0.313 e. The fraction of sp³-hybridized carbons (Fsp3) is 0.294. The zero-order valence-corrected chi connectivity index (χ0v) is 13.6. The van der Waals surface area contributed by atoms with Crippen molar-refractivity contribution in [2.45, 2.75) is 30.5 Å². The van der Waals surface area contributed by atoms with E-state index in [1.54, 1.807) is 23.9 Å². The monoisotopic (exact) mass is 323 g/mol. The minimum absolute atomic E-state index is 0.186. The van der Waals surface area contributed by atoms with Gasteiger partial charge in [-0.2, -0.15) is 0 Å². The van der Waals surface area contributed by atoms with Crippen molar-refractivity contribution in [3.05, 3.63) is 64.4 Å². The Balaban J connectivity index is 1.86. The smallest absolute Gasteiger partial charge is 0.141 e. The molecule has 0 unspecified atom stereocenters. The minimum Gasteiger partial charge on any atom is -0.313 e. The van der Waals surface area contributed by atoms with Gasteiger partial charge in [0.15, 0.2) is 0 Å². The summed E-state index contributed by atoms with van der Waals surface area (Å²) in [4.78, 5) is 1.20. The van der Waals surface area contributed by atoms with E-state index < -0.39 is 0 Å². The Labute approximate surface area is 134 Å². The van der Waals surface area contributed by atoms with E-state index >= 15 is 0 Å². The molecule has 0 fully saturated rings. The summed E-state index contributed by atoms with van der Waals surface area (Å²) < 4.78 is 13.1. The molecule has 2 aromatic carbocycles. The van der Waals surface area contributed by atoms with Gasteiger partial charge in [0.1, 0.15) is 5.82 Å². The second-order valence-electron chi connectivity index (χ2n) is 4.86. The lowest BCUT2D eigenvalue weighted by Gasteiger charge is -2.06. The average molecular weight is 324 g/mol. The van der Waals surface area contributed by atoms with Crippen LogP contribution in [0.1, 0.15) is 24.5 Å². The van der Waals surface area contributed by atoms with Crippen LogP contribution in [0.2, 0.25) is 5.02 Å². The number of nitrogens with one attached hydrogen (secondary N) is 1. The van der Waals surface area contributed by atoms with E-state index in [9.17, 15) is 4.39 Å². The minimum atomic E-state index is -0.366. The Bertz CT molecular complexity index is 572. The quantitative estimate of drug-likeness (QED) is 0.550. The van der Waals surface area contributed by atoms with Crippen LogP contribution in [0.4, 0.5) is 4.39 Å². The third-order valence-electron chi connectivity index (χ3n) is 3.07. The van der Waals surface area contributed by atoms with Crippen molar-refractivity contribution < 1.29 is 4.39 Å². The van der Waals surface area contributed by atoms with Gasteiger partial charge in [-0.25, -0.2) is 4.39 Å². The van der Waals surface area contributed by atoms with Crippen molar-refractivity contribution in [2.24, 2.45) is 0 Å². The molecule has 2 rings (SSSR count). The van der Waals surface area contributed by atoms with Crippen molar-refractivity contribution in [3.63, 3.8) is 0 Å². The van der Waals surface area contributed by atoms with E-state index in [-0.39, 0.29) is 10.8 Å². The molecule has 1 nitrogen and oxygen atoms in total. The zero-order valence-electron chi connectivity index (χ0n) is 12.0. The number of benzene rings is 2. The van der Waals surface area contributed by atoms with Gasteiger partial charge >= 0.3 is 0 Å². The van der Waals surface area contributed by atoms with Crippen LogP contribution in [-0.4, -0.2) is 6.54 Å². The van der Waals surface area contributed by atoms with Crippen molar-refractivity contribution in [2.75, 3.05) is 6.54 Å². The molecule has 0 spiro atoms. The van der Waals surface area contributed by atoms with Crippen LogP contribution >= 0.6 is 23.4 Å². The highest BCUT2D eigenvalue weighted by molar-refractivity contribution is 7.98. The lowest BCUT2D eigenvalue weighted by molar-refractivity contribution is 0.628. The van der Waals surface area contributed by atoms with Crippen LogP contribution in [0.15, 0.2) is 47.4 Å². The fourth-order valence-electron chi connectivity index (χ4n) is 1.91. The molecule has 0 saturated carbocycles. The molecule has 1 N–H and O–H groups in total. The van der Waals surface area contributed by atoms with Gasteiger partial charge in [0, 0.05) is 17.2 Å². The maximum Gasteiger partial charge on any atom is 0.141 e. The van der Waals surface area contributed by atoms with Gasteiger partial charge < -0.3 is 5.32 Å². The van der Waals surface area contributed by atoms with Gasteiger partial charge in [0.05, 0.1) is 5.02 Å². The first-order valence-corrected chi connectivity index (χ1v) is 8.42. The molecule has 0 atom stereocenters. The number of rotatable bonds is 7. The summed E-state index contributed by atoms with van der Waals surface area (Å²) in [5.41, 5.74) is 2.32. The Morgan fingerprint density at radius 2 is 1.81 bits per heavy atom. The second-order valence-corrected chi connectivity index (χ2v) is 6.31. The van der Waals surface area contributed by atoms with E-state index in [1.807, 2.05) is 0 Å². The van der Waals surface area contributed by atoms with Crippen molar-refractivity contribution >= 4 is 23.4 Å². The molecular weight excluding hydrogens is 305 g/mol. The maximum absolute atomic E-state index is 13.1. The summed E-state index contributed by atoms with van der Waals surface area (Å²) in [5.74, 6) is 0.419. The van der Waals surface area contributed by atoms with Gasteiger partial charge in [0.25, 0.3) is 0 Å². The summed E-state index contributed by atoms with van der Waals surface area (Å²) in [7, 11) is 0. The van der Waals surface area contributed by atoms with Crippen LogP contribution in [0, 0.1) is 5.82 Å². The maximum atomic E-state index is 13.1. The van der Waals surface area contributed by atoms with E-state index in [1.165, 1.54) is 16.5 Å². The molecule has 0 aromatic heterocycles. The molecule has 0 heterocycles. The highest BCUT2D eigenvalue weighted by Crippen LogP contribution is 2.25. The first-order chi connectivity index (χ1) is 10.2. The molecule has 0 bridgehead atoms. The Hall–Kier alpha value is -1.03. The Morgan fingerprint density at radius 3 is 2.48 bits per heavy atom. The third kappa shape index (κ3) is 5.34. The predicted octanol–water partition coefficient (Wildman–Crippen LogP) is 5.27. The molecule has 112 valence electrons. The molecule has 0 aliphatic heterocycles. The molecular formula is C17H19ClFNS. The Kier molecular flexibility index (Phi) is 6.55. The highest BCUT2D eigenvalue weighted by Gasteiger charge is 2.02. The van der Waals surface area contributed by atoms with Crippen molar-refractivity contribution in [1.29, 1.82) is 0 Å². The van der Waals surface area contributed by atoms with Gasteiger partial charge in [-0.3, -0.25) is 0 Å². The van der Waals surface area contributed by atoms with E-state index in [2.05, 4.69) is 36.5 Å². The van der Waals surface area contributed by atoms with Gasteiger partial charge in [0.2, 0.25) is 0 Å². The number of thioether (sulfide) groups is 1. The normalized spacial score (nSPS) is 10.8. The van der Waals surface area contributed by atoms with Crippen LogP contribution < -0.4 is 5.32 Å². The van der Waals surface area contributed by atoms with E-state index in [0.29, 0.717) is 0 Å². The molecule has 0 saturated heterocycles. The summed E-state index contributed by atoms with van der Waals surface area (Å²) in [6.07, 6.45) is 1.15. The first kappa shape index (κ1) is 16.3. The SMILES string of the molecule is CCCNCc1ccc(SCc2ccc(F)c(Cl)c2)cc1. The van der Waals surface area contributed by atoms with Crippen molar-refractivity contribution in [1.82, 2.24) is 5.32 Å². The first-order valence-electron chi connectivity index (χ1n) is 7.05. The van der Waals surface area contributed by atoms with Crippen LogP contribution in [0.3, 0.4) is 0 Å².